The van der Waals surface area contributed by atoms with E-state index in [4.69, 9.17) is 0 Å². The summed E-state index contributed by atoms with van der Waals surface area (Å²) >= 11 is 0. The van der Waals surface area contributed by atoms with Crippen LogP contribution in [0.2, 0.25) is 0 Å². The lowest BCUT2D eigenvalue weighted by Gasteiger charge is -2.46. The summed E-state index contributed by atoms with van der Waals surface area (Å²) in [6.45, 7) is 8.39. The second-order valence-electron chi connectivity index (χ2n) is 6.45. The molecule has 1 atom stereocenters. The van der Waals surface area contributed by atoms with E-state index in [2.05, 4.69) is 61.4 Å². The molecule has 1 unspecified atom stereocenters. The number of rotatable bonds is 5. The molecule has 0 radical (unpaired) electrons. The van der Waals surface area contributed by atoms with Crippen LogP contribution in [-0.4, -0.2) is 37.1 Å². The van der Waals surface area contributed by atoms with Gasteiger partial charge in [-0.05, 0) is 64.7 Å². The quantitative estimate of drug-likeness (QED) is 0.875. The standard InChI is InChI=1S/C17H28N2/c1-17(2)13-16(14-18-3)10-12-19(17)11-9-15-7-5-4-6-8-15/h4-8,16,18H,9-14H2,1-3H3. The zero-order chi connectivity index (χ0) is 13.7. The zero-order valence-electron chi connectivity index (χ0n) is 12.7. The van der Waals surface area contributed by atoms with Gasteiger partial charge in [-0.3, -0.25) is 4.90 Å². The maximum atomic E-state index is 3.33. The topological polar surface area (TPSA) is 15.3 Å². The molecule has 1 fully saturated rings. The van der Waals surface area contributed by atoms with E-state index in [-0.39, 0.29) is 0 Å². The molecule has 1 aromatic rings. The van der Waals surface area contributed by atoms with Crippen molar-refractivity contribution in [3.05, 3.63) is 35.9 Å². The van der Waals surface area contributed by atoms with E-state index in [1.54, 1.807) is 0 Å². The first kappa shape index (κ1) is 14.5. The van der Waals surface area contributed by atoms with Gasteiger partial charge in [0, 0.05) is 12.1 Å². The molecule has 1 N–H and O–H groups in total. The van der Waals surface area contributed by atoms with Gasteiger partial charge in [0.1, 0.15) is 0 Å². The van der Waals surface area contributed by atoms with E-state index in [0.717, 1.165) is 12.5 Å². The number of hydrogen-bond donors (Lipinski definition) is 1. The van der Waals surface area contributed by atoms with Crippen molar-refractivity contribution in [3.63, 3.8) is 0 Å². The summed E-state index contributed by atoms with van der Waals surface area (Å²) in [7, 11) is 2.06. The molecule has 1 heterocycles. The van der Waals surface area contributed by atoms with Crippen LogP contribution in [0.1, 0.15) is 32.3 Å². The summed E-state index contributed by atoms with van der Waals surface area (Å²) in [5.41, 5.74) is 1.80. The minimum absolute atomic E-state index is 0.342. The predicted octanol–water partition coefficient (Wildman–Crippen LogP) is 2.94. The summed E-state index contributed by atoms with van der Waals surface area (Å²) in [4.78, 5) is 2.67. The highest BCUT2D eigenvalue weighted by atomic mass is 15.2. The smallest absolute Gasteiger partial charge is 0.0156 e. The van der Waals surface area contributed by atoms with Crippen LogP contribution in [0, 0.1) is 5.92 Å². The molecule has 1 aliphatic heterocycles. The summed E-state index contributed by atoms with van der Waals surface area (Å²) in [6, 6.07) is 10.8. The van der Waals surface area contributed by atoms with Crippen molar-refractivity contribution >= 4 is 0 Å². The molecule has 1 aromatic carbocycles. The molecule has 106 valence electrons. The Labute approximate surface area is 118 Å². The molecule has 0 amide bonds. The zero-order valence-corrected chi connectivity index (χ0v) is 12.7. The van der Waals surface area contributed by atoms with Gasteiger partial charge in [-0.25, -0.2) is 0 Å². The van der Waals surface area contributed by atoms with E-state index in [9.17, 15) is 0 Å². The maximum absolute atomic E-state index is 3.33. The third-order valence-corrected chi connectivity index (χ3v) is 4.46. The van der Waals surface area contributed by atoms with Gasteiger partial charge >= 0.3 is 0 Å². The Hall–Kier alpha value is -0.860. The lowest BCUT2D eigenvalue weighted by atomic mass is 9.82. The molecule has 1 aliphatic rings. The molecule has 2 heteroatoms. The molecule has 0 spiro atoms. The van der Waals surface area contributed by atoms with E-state index in [0.29, 0.717) is 5.54 Å². The van der Waals surface area contributed by atoms with Gasteiger partial charge in [0.15, 0.2) is 0 Å². The third-order valence-electron chi connectivity index (χ3n) is 4.46. The third kappa shape index (κ3) is 4.05. The van der Waals surface area contributed by atoms with Gasteiger partial charge in [-0.1, -0.05) is 30.3 Å². The Morgan fingerprint density at radius 1 is 1.26 bits per heavy atom. The van der Waals surface area contributed by atoms with Crippen molar-refractivity contribution in [2.75, 3.05) is 26.7 Å². The largest absolute Gasteiger partial charge is 0.319 e. The van der Waals surface area contributed by atoms with Crippen LogP contribution >= 0.6 is 0 Å². The average Bonchev–Trinajstić information content (AvgIpc) is 2.38. The van der Waals surface area contributed by atoms with Crippen LogP contribution in [0.25, 0.3) is 0 Å². The molecular formula is C17H28N2. The Morgan fingerprint density at radius 3 is 2.63 bits per heavy atom. The minimum atomic E-state index is 0.342. The van der Waals surface area contributed by atoms with Crippen LogP contribution in [0.4, 0.5) is 0 Å². The molecule has 0 aliphatic carbocycles. The number of hydrogen-bond acceptors (Lipinski definition) is 2. The van der Waals surface area contributed by atoms with Crippen LogP contribution in [0.3, 0.4) is 0 Å². The molecule has 19 heavy (non-hydrogen) atoms. The Bertz CT molecular complexity index is 372. The summed E-state index contributed by atoms with van der Waals surface area (Å²) in [5, 5.41) is 3.33. The number of likely N-dealkylation sites (tertiary alicyclic amines) is 1. The predicted molar refractivity (Wildman–Crippen MR) is 82.4 cm³/mol. The van der Waals surface area contributed by atoms with E-state index in [1.807, 2.05) is 0 Å². The van der Waals surface area contributed by atoms with Crippen LogP contribution < -0.4 is 5.32 Å². The van der Waals surface area contributed by atoms with E-state index in [1.165, 1.54) is 37.9 Å². The second-order valence-corrected chi connectivity index (χ2v) is 6.45. The number of piperidine rings is 1. The Morgan fingerprint density at radius 2 is 2.00 bits per heavy atom. The van der Waals surface area contributed by atoms with Gasteiger partial charge in [-0.15, -0.1) is 0 Å². The van der Waals surface area contributed by atoms with Crippen molar-refractivity contribution in [3.8, 4) is 0 Å². The molecule has 0 aromatic heterocycles. The SMILES string of the molecule is CNCC1CCN(CCc2ccccc2)C(C)(C)C1. The highest BCUT2D eigenvalue weighted by molar-refractivity contribution is 5.15. The van der Waals surface area contributed by atoms with Crippen molar-refractivity contribution in [2.24, 2.45) is 5.92 Å². The average molecular weight is 260 g/mol. The summed E-state index contributed by atoms with van der Waals surface area (Å²) in [5.74, 6) is 0.841. The number of nitrogens with zero attached hydrogens (tertiary/aromatic N) is 1. The van der Waals surface area contributed by atoms with Gasteiger partial charge in [0.2, 0.25) is 0 Å². The van der Waals surface area contributed by atoms with Crippen molar-refractivity contribution < 1.29 is 0 Å². The lowest BCUT2D eigenvalue weighted by Crippen LogP contribution is -2.51. The highest BCUT2D eigenvalue weighted by Crippen LogP contribution is 2.31. The Kier molecular flexibility index (Phi) is 5.00. The van der Waals surface area contributed by atoms with Crippen LogP contribution in [0.15, 0.2) is 30.3 Å². The monoisotopic (exact) mass is 260 g/mol. The van der Waals surface area contributed by atoms with Crippen LogP contribution in [-0.2, 0) is 6.42 Å². The normalized spacial score (nSPS) is 23.4. The van der Waals surface area contributed by atoms with Crippen molar-refractivity contribution in [1.29, 1.82) is 0 Å². The lowest BCUT2D eigenvalue weighted by molar-refractivity contribution is 0.0482. The molecule has 0 saturated carbocycles. The van der Waals surface area contributed by atoms with E-state index < -0.39 is 0 Å². The first-order valence-corrected chi connectivity index (χ1v) is 7.55. The van der Waals surface area contributed by atoms with Gasteiger partial charge in [-0.2, -0.15) is 0 Å². The number of benzene rings is 1. The van der Waals surface area contributed by atoms with Crippen molar-refractivity contribution in [1.82, 2.24) is 10.2 Å². The molecule has 1 saturated heterocycles. The maximum Gasteiger partial charge on any atom is 0.0156 e. The molecular weight excluding hydrogens is 232 g/mol. The van der Waals surface area contributed by atoms with Crippen molar-refractivity contribution in [2.45, 2.75) is 38.6 Å². The summed E-state index contributed by atoms with van der Waals surface area (Å²) < 4.78 is 0. The molecule has 2 rings (SSSR count). The van der Waals surface area contributed by atoms with Gasteiger partial charge < -0.3 is 5.32 Å². The number of nitrogens with one attached hydrogen (secondary N) is 1. The fraction of sp³-hybridized carbons (Fsp3) is 0.647. The molecule has 2 nitrogen and oxygen atoms in total. The fourth-order valence-corrected chi connectivity index (χ4v) is 3.36. The second kappa shape index (κ2) is 6.53. The summed E-state index contributed by atoms with van der Waals surface area (Å²) in [6.07, 6.45) is 3.81. The minimum Gasteiger partial charge on any atom is -0.319 e. The van der Waals surface area contributed by atoms with Gasteiger partial charge in [0.05, 0.1) is 0 Å². The Balaban J connectivity index is 1.87. The first-order valence-electron chi connectivity index (χ1n) is 7.55. The first-order chi connectivity index (χ1) is 9.12. The fourth-order valence-electron chi connectivity index (χ4n) is 3.36. The van der Waals surface area contributed by atoms with Crippen LogP contribution in [0.5, 0.6) is 0 Å². The molecule has 0 bridgehead atoms. The van der Waals surface area contributed by atoms with E-state index >= 15 is 0 Å². The highest BCUT2D eigenvalue weighted by Gasteiger charge is 2.33. The van der Waals surface area contributed by atoms with Gasteiger partial charge in [0.25, 0.3) is 0 Å².